The van der Waals surface area contributed by atoms with E-state index < -0.39 is 0 Å². The second-order valence-electron chi connectivity index (χ2n) is 7.51. The van der Waals surface area contributed by atoms with E-state index in [-0.39, 0.29) is 0 Å². The van der Waals surface area contributed by atoms with E-state index in [9.17, 15) is 0 Å². The molecule has 0 radical (unpaired) electrons. The highest BCUT2D eigenvalue weighted by Gasteiger charge is 2.23. The zero-order chi connectivity index (χ0) is 18.7. The average molecular weight is 355 g/mol. The number of nitrogens with two attached hydrogens (primary N) is 1. The Balaban J connectivity index is 1.76. The minimum atomic E-state index is 0.460. The van der Waals surface area contributed by atoms with Gasteiger partial charge in [0.05, 0.1) is 0 Å². The zero-order valence-corrected chi connectivity index (χ0v) is 16.2. The fraction of sp³-hybridized carbons (Fsp3) is 0.500. The number of anilines is 4. The summed E-state index contributed by atoms with van der Waals surface area (Å²) in [7, 11) is 4.25. The summed E-state index contributed by atoms with van der Waals surface area (Å²) >= 11 is 0. The normalized spacial score (nSPS) is 16.0. The highest BCUT2D eigenvalue weighted by molar-refractivity contribution is 5.78. The van der Waals surface area contributed by atoms with Crippen LogP contribution < -0.4 is 16.0 Å². The maximum Gasteiger partial charge on any atom is 0.159 e. The molecule has 1 aliphatic heterocycles. The first-order valence-electron chi connectivity index (χ1n) is 9.34. The summed E-state index contributed by atoms with van der Waals surface area (Å²) in [4.78, 5) is 13.4. The van der Waals surface area contributed by atoms with Gasteiger partial charge in [0, 0.05) is 18.8 Å². The molecule has 1 saturated heterocycles. The summed E-state index contributed by atoms with van der Waals surface area (Å²) in [6.07, 6.45) is 3.83. The molecule has 2 aromatic rings. The number of hydrogen-bond acceptors (Lipinski definition) is 6. The molecule has 140 valence electrons. The Kier molecular flexibility index (Phi) is 5.61. The molecule has 0 atom stereocenters. The molecule has 6 heteroatoms. The third-order valence-electron chi connectivity index (χ3n) is 5.27. The van der Waals surface area contributed by atoms with Crippen LogP contribution in [0.5, 0.6) is 0 Å². The lowest BCUT2D eigenvalue weighted by Crippen LogP contribution is -2.42. The number of piperidine rings is 1. The van der Waals surface area contributed by atoms with Gasteiger partial charge in [-0.1, -0.05) is 26.0 Å². The number of benzene rings is 1. The number of nitrogens with one attached hydrogen (secondary N) is 1. The summed E-state index contributed by atoms with van der Waals surface area (Å²) in [6, 6.07) is 8.86. The molecule has 26 heavy (non-hydrogen) atoms. The molecule has 0 saturated carbocycles. The van der Waals surface area contributed by atoms with Crippen molar-refractivity contribution in [3.63, 3.8) is 0 Å². The monoisotopic (exact) mass is 354 g/mol. The topological polar surface area (TPSA) is 70.3 Å². The van der Waals surface area contributed by atoms with E-state index >= 15 is 0 Å². The van der Waals surface area contributed by atoms with Gasteiger partial charge in [0.25, 0.3) is 0 Å². The Hall–Kier alpha value is -2.34. The quantitative estimate of drug-likeness (QED) is 0.857. The highest BCUT2D eigenvalue weighted by atomic mass is 15.2. The molecule has 3 rings (SSSR count). The van der Waals surface area contributed by atoms with E-state index in [0.717, 1.165) is 37.4 Å². The van der Waals surface area contributed by atoms with Crippen LogP contribution in [0.4, 0.5) is 23.0 Å². The lowest BCUT2D eigenvalue weighted by molar-refractivity contribution is 0.252. The third-order valence-corrected chi connectivity index (χ3v) is 5.27. The van der Waals surface area contributed by atoms with Crippen molar-refractivity contribution in [1.29, 1.82) is 0 Å². The fourth-order valence-corrected chi connectivity index (χ4v) is 3.41. The molecular weight excluding hydrogens is 324 g/mol. The minimum absolute atomic E-state index is 0.460. The van der Waals surface area contributed by atoms with E-state index in [1.54, 1.807) is 6.33 Å². The fourth-order valence-electron chi connectivity index (χ4n) is 3.41. The molecule has 0 spiro atoms. The van der Waals surface area contributed by atoms with Crippen molar-refractivity contribution in [2.24, 2.45) is 0 Å². The van der Waals surface area contributed by atoms with Crippen molar-refractivity contribution in [1.82, 2.24) is 14.9 Å². The Morgan fingerprint density at radius 1 is 1.15 bits per heavy atom. The molecule has 1 aromatic carbocycles. The van der Waals surface area contributed by atoms with Gasteiger partial charge in [0.2, 0.25) is 0 Å². The van der Waals surface area contributed by atoms with Crippen LogP contribution >= 0.6 is 0 Å². The van der Waals surface area contributed by atoms with Crippen molar-refractivity contribution in [3.8, 4) is 0 Å². The number of aromatic nitrogens is 2. The summed E-state index contributed by atoms with van der Waals surface area (Å²) in [5, 5.41) is 3.33. The van der Waals surface area contributed by atoms with Crippen LogP contribution in [-0.4, -0.2) is 48.1 Å². The van der Waals surface area contributed by atoms with E-state index in [2.05, 4.69) is 77.3 Å². The summed E-state index contributed by atoms with van der Waals surface area (Å²) < 4.78 is 0. The number of likely N-dealkylation sites (tertiary alicyclic amines) is 1. The van der Waals surface area contributed by atoms with Gasteiger partial charge in [-0.3, -0.25) is 0 Å². The van der Waals surface area contributed by atoms with Gasteiger partial charge in [-0.15, -0.1) is 0 Å². The smallest absolute Gasteiger partial charge is 0.159 e. The van der Waals surface area contributed by atoms with Crippen LogP contribution in [0.2, 0.25) is 0 Å². The lowest BCUT2D eigenvalue weighted by Gasteiger charge is -2.36. The van der Waals surface area contributed by atoms with Crippen LogP contribution in [0.15, 0.2) is 30.6 Å². The number of rotatable bonds is 5. The molecule has 3 N–H and O–H groups in total. The maximum atomic E-state index is 6.40. The van der Waals surface area contributed by atoms with Crippen molar-refractivity contribution in [3.05, 3.63) is 36.2 Å². The second kappa shape index (κ2) is 7.91. The number of nitrogens with zero attached hydrogens (tertiary/aromatic N) is 4. The first kappa shape index (κ1) is 18.5. The molecule has 0 bridgehead atoms. The molecule has 2 heterocycles. The average Bonchev–Trinajstić information content (AvgIpc) is 2.64. The standard InChI is InChI=1S/C20H30N6/c1-14(2)15-5-7-16(8-6-15)24-19-18(21)20(23-13-22-19)26(4)17-9-11-25(3)12-10-17/h5-8,13-14,17H,9-12,21H2,1-4H3,(H,22,23,24). The predicted octanol–water partition coefficient (Wildman–Crippen LogP) is 3.46. The number of hydrogen-bond donors (Lipinski definition) is 2. The van der Waals surface area contributed by atoms with Crippen molar-refractivity contribution in [2.75, 3.05) is 43.1 Å². The van der Waals surface area contributed by atoms with E-state index in [1.165, 1.54) is 5.56 Å². The van der Waals surface area contributed by atoms with Crippen molar-refractivity contribution < 1.29 is 0 Å². The van der Waals surface area contributed by atoms with Gasteiger partial charge in [-0.2, -0.15) is 0 Å². The molecule has 1 fully saturated rings. The molecule has 0 amide bonds. The van der Waals surface area contributed by atoms with Gasteiger partial charge in [0.15, 0.2) is 11.6 Å². The van der Waals surface area contributed by atoms with Crippen LogP contribution in [0.1, 0.15) is 38.2 Å². The minimum Gasteiger partial charge on any atom is -0.393 e. The maximum absolute atomic E-state index is 6.40. The Morgan fingerprint density at radius 2 is 1.81 bits per heavy atom. The second-order valence-corrected chi connectivity index (χ2v) is 7.51. The Morgan fingerprint density at radius 3 is 2.42 bits per heavy atom. The van der Waals surface area contributed by atoms with Crippen molar-refractivity contribution >= 4 is 23.0 Å². The molecule has 0 aliphatic carbocycles. The first-order chi connectivity index (χ1) is 12.5. The van der Waals surface area contributed by atoms with Gasteiger partial charge < -0.3 is 20.9 Å². The van der Waals surface area contributed by atoms with Gasteiger partial charge in [0.1, 0.15) is 12.0 Å². The highest BCUT2D eigenvalue weighted by Crippen LogP contribution is 2.31. The first-order valence-corrected chi connectivity index (χ1v) is 9.34. The van der Waals surface area contributed by atoms with E-state index in [1.807, 2.05) is 0 Å². The molecule has 1 aliphatic rings. The van der Waals surface area contributed by atoms with E-state index in [4.69, 9.17) is 5.73 Å². The molecular formula is C20H30N6. The summed E-state index contributed by atoms with van der Waals surface area (Å²) in [5.41, 5.74) is 9.30. The predicted molar refractivity (Wildman–Crippen MR) is 109 cm³/mol. The molecule has 0 unspecified atom stereocenters. The zero-order valence-electron chi connectivity index (χ0n) is 16.2. The summed E-state index contributed by atoms with van der Waals surface area (Å²) in [5.74, 6) is 1.98. The van der Waals surface area contributed by atoms with Crippen LogP contribution in [0.25, 0.3) is 0 Å². The van der Waals surface area contributed by atoms with Crippen LogP contribution in [0.3, 0.4) is 0 Å². The lowest BCUT2D eigenvalue weighted by atomic mass is 10.0. The third kappa shape index (κ3) is 4.07. The van der Waals surface area contributed by atoms with E-state index in [0.29, 0.717) is 23.5 Å². The Labute approximate surface area is 156 Å². The van der Waals surface area contributed by atoms with Crippen LogP contribution in [-0.2, 0) is 0 Å². The van der Waals surface area contributed by atoms with Gasteiger partial charge in [-0.05, 0) is 56.6 Å². The summed E-state index contributed by atoms with van der Waals surface area (Å²) in [6.45, 7) is 6.59. The molecule has 1 aromatic heterocycles. The SMILES string of the molecule is CC(C)c1ccc(Nc2ncnc(N(C)C3CCN(C)CC3)c2N)cc1. The largest absolute Gasteiger partial charge is 0.393 e. The van der Waals surface area contributed by atoms with Gasteiger partial charge >= 0.3 is 0 Å². The molecule has 6 nitrogen and oxygen atoms in total. The Bertz CT molecular complexity index is 720. The van der Waals surface area contributed by atoms with Gasteiger partial charge in [-0.25, -0.2) is 9.97 Å². The van der Waals surface area contributed by atoms with Crippen LogP contribution in [0, 0.1) is 0 Å². The van der Waals surface area contributed by atoms with Crippen molar-refractivity contribution in [2.45, 2.75) is 38.6 Å². The number of nitrogen functional groups attached to an aromatic ring is 1.